The molecule has 1 atom stereocenters. The molecule has 39 heavy (non-hydrogen) atoms. The van der Waals surface area contributed by atoms with Gasteiger partial charge in [-0.3, -0.25) is 10.1 Å². The SMILES string of the molecule is CN1CCN(c2ccnc3[nH]c(-c4n[nH]c5ccc(-c6cncc(NC(O)C7CCCC7)c6)cc45)nc23)CC1. The number of rotatable bonds is 6. The van der Waals surface area contributed by atoms with Gasteiger partial charge in [-0.25, -0.2) is 9.97 Å². The van der Waals surface area contributed by atoms with Gasteiger partial charge in [-0.15, -0.1) is 0 Å². The number of aromatic nitrogens is 6. The molecule has 1 aliphatic heterocycles. The lowest BCUT2D eigenvalue weighted by molar-refractivity contribution is 0.137. The van der Waals surface area contributed by atoms with E-state index in [-0.39, 0.29) is 0 Å². The van der Waals surface area contributed by atoms with Crippen molar-refractivity contribution in [1.82, 2.24) is 35.0 Å². The number of benzene rings is 1. The smallest absolute Gasteiger partial charge is 0.161 e. The van der Waals surface area contributed by atoms with E-state index >= 15 is 0 Å². The molecule has 0 spiro atoms. The van der Waals surface area contributed by atoms with Gasteiger partial charge in [0.15, 0.2) is 11.5 Å². The second kappa shape index (κ2) is 9.94. The Bertz CT molecular complexity index is 1610. The number of hydrogen-bond acceptors (Lipinski definition) is 8. The van der Waals surface area contributed by atoms with Gasteiger partial charge in [0.05, 0.1) is 23.1 Å². The Morgan fingerprint density at radius 1 is 1.03 bits per heavy atom. The van der Waals surface area contributed by atoms with Gasteiger partial charge >= 0.3 is 0 Å². The van der Waals surface area contributed by atoms with Crippen LogP contribution in [0, 0.1) is 5.92 Å². The van der Waals surface area contributed by atoms with E-state index < -0.39 is 6.23 Å². The summed E-state index contributed by atoms with van der Waals surface area (Å²) in [5.41, 5.74) is 7.23. The van der Waals surface area contributed by atoms with Crippen LogP contribution in [0.5, 0.6) is 0 Å². The zero-order chi connectivity index (χ0) is 26.3. The summed E-state index contributed by atoms with van der Waals surface area (Å²) in [5, 5.41) is 22.6. The highest BCUT2D eigenvalue weighted by Crippen LogP contribution is 2.33. The fourth-order valence-electron chi connectivity index (χ4n) is 5.92. The maximum atomic E-state index is 10.6. The maximum absolute atomic E-state index is 10.6. The van der Waals surface area contributed by atoms with Crippen molar-refractivity contribution in [2.24, 2.45) is 5.92 Å². The molecular weight excluding hydrogens is 490 g/mol. The quantitative estimate of drug-likeness (QED) is 0.244. The number of hydrogen-bond donors (Lipinski definition) is 4. The molecular formula is C29H33N9O. The number of imidazole rings is 1. The van der Waals surface area contributed by atoms with E-state index in [2.05, 4.69) is 65.5 Å². The third-order valence-electron chi connectivity index (χ3n) is 8.23. The first-order chi connectivity index (χ1) is 19.1. The van der Waals surface area contributed by atoms with Crippen LogP contribution in [0.2, 0.25) is 0 Å². The molecule has 4 aromatic heterocycles. The van der Waals surface area contributed by atoms with E-state index in [4.69, 9.17) is 4.98 Å². The highest BCUT2D eigenvalue weighted by Gasteiger charge is 2.23. The number of likely N-dealkylation sites (N-methyl/N-ethyl adjacent to an activating group) is 1. The average Bonchev–Trinajstić information content (AvgIpc) is 3.73. The van der Waals surface area contributed by atoms with Crippen molar-refractivity contribution in [2.45, 2.75) is 31.9 Å². The molecule has 2 aliphatic rings. The first-order valence-electron chi connectivity index (χ1n) is 13.8. The summed E-state index contributed by atoms with van der Waals surface area (Å²) in [6, 6.07) is 10.3. The van der Waals surface area contributed by atoms with Gasteiger partial charge in [-0.05, 0) is 49.7 Å². The molecule has 5 aromatic rings. The van der Waals surface area contributed by atoms with Crippen LogP contribution in [-0.2, 0) is 0 Å². The molecule has 1 aromatic carbocycles. The summed E-state index contributed by atoms with van der Waals surface area (Å²) in [7, 11) is 2.16. The summed E-state index contributed by atoms with van der Waals surface area (Å²) in [5.74, 6) is 0.990. The molecule has 1 aliphatic carbocycles. The summed E-state index contributed by atoms with van der Waals surface area (Å²) in [6.45, 7) is 3.98. The normalized spacial score (nSPS) is 17.8. The number of aliphatic hydroxyl groups excluding tert-OH is 1. The summed E-state index contributed by atoms with van der Waals surface area (Å²) >= 11 is 0. The summed E-state index contributed by atoms with van der Waals surface area (Å²) in [6.07, 6.45) is 9.41. The molecule has 7 rings (SSSR count). The van der Waals surface area contributed by atoms with Crippen molar-refractivity contribution in [3.63, 3.8) is 0 Å². The lowest BCUT2D eigenvalue weighted by atomic mass is 10.0. The van der Waals surface area contributed by atoms with E-state index in [1.807, 2.05) is 24.5 Å². The zero-order valence-electron chi connectivity index (χ0n) is 22.1. The third kappa shape index (κ3) is 4.59. The molecule has 4 N–H and O–H groups in total. The highest BCUT2D eigenvalue weighted by atomic mass is 16.3. The monoisotopic (exact) mass is 523 g/mol. The van der Waals surface area contributed by atoms with Crippen LogP contribution in [0.4, 0.5) is 11.4 Å². The van der Waals surface area contributed by atoms with Gasteiger partial charge in [0.25, 0.3) is 0 Å². The van der Waals surface area contributed by atoms with Crippen LogP contribution in [0.3, 0.4) is 0 Å². The number of nitrogens with one attached hydrogen (secondary N) is 3. The van der Waals surface area contributed by atoms with Crippen molar-refractivity contribution in [2.75, 3.05) is 43.4 Å². The van der Waals surface area contributed by atoms with Gasteiger partial charge in [0, 0.05) is 55.4 Å². The van der Waals surface area contributed by atoms with Crippen LogP contribution < -0.4 is 10.2 Å². The first-order valence-corrected chi connectivity index (χ1v) is 13.8. The summed E-state index contributed by atoms with van der Waals surface area (Å²) in [4.78, 5) is 22.1. The molecule has 10 heteroatoms. The molecule has 0 radical (unpaired) electrons. The number of aliphatic hydroxyl groups is 1. The van der Waals surface area contributed by atoms with Gasteiger partial charge < -0.3 is 25.2 Å². The van der Waals surface area contributed by atoms with E-state index in [0.29, 0.717) is 11.7 Å². The molecule has 1 saturated heterocycles. The van der Waals surface area contributed by atoms with Gasteiger partial charge in [0.1, 0.15) is 17.4 Å². The molecule has 1 unspecified atom stereocenters. The van der Waals surface area contributed by atoms with Gasteiger partial charge in [-0.2, -0.15) is 5.10 Å². The van der Waals surface area contributed by atoms with E-state index in [1.54, 1.807) is 6.20 Å². The Kier molecular flexibility index (Phi) is 6.13. The average molecular weight is 524 g/mol. The minimum absolute atomic E-state index is 0.300. The molecule has 200 valence electrons. The lowest BCUT2D eigenvalue weighted by Gasteiger charge is -2.33. The van der Waals surface area contributed by atoms with E-state index in [0.717, 1.165) is 89.3 Å². The van der Waals surface area contributed by atoms with E-state index in [1.165, 1.54) is 12.8 Å². The van der Waals surface area contributed by atoms with Crippen molar-refractivity contribution in [3.8, 4) is 22.6 Å². The standard InChI is InChI=1S/C29H33N9O/c1-37-10-12-38(13-11-37)24-8-9-31-27-26(24)33-28(34-27)25-22-15-19(6-7-23(22)35-36-25)20-14-21(17-30-16-20)32-29(39)18-4-2-3-5-18/h6-9,14-18,29,32,39H,2-5,10-13H2,1H3,(H,35,36)(H,31,33,34). The first kappa shape index (κ1) is 24.1. The van der Waals surface area contributed by atoms with Crippen LogP contribution in [0.1, 0.15) is 25.7 Å². The van der Waals surface area contributed by atoms with Crippen molar-refractivity contribution >= 4 is 33.4 Å². The van der Waals surface area contributed by atoms with Crippen LogP contribution in [-0.4, -0.2) is 79.6 Å². The Balaban J connectivity index is 1.20. The van der Waals surface area contributed by atoms with Gasteiger partial charge in [-0.1, -0.05) is 18.9 Å². The molecule has 0 bridgehead atoms. The number of aromatic amines is 2. The largest absolute Gasteiger partial charge is 0.374 e. The fourth-order valence-corrected chi connectivity index (χ4v) is 5.92. The topological polar surface area (TPSA) is 122 Å². The molecule has 0 amide bonds. The molecule has 1 saturated carbocycles. The number of piperazine rings is 1. The Morgan fingerprint density at radius 3 is 2.72 bits per heavy atom. The Hall–Kier alpha value is -4.02. The number of H-pyrrole nitrogens is 2. The Labute approximate surface area is 226 Å². The predicted octanol–water partition coefficient (Wildman–Crippen LogP) is 4.24. The minimum Gasteiger partial charge on any atom is -0.374 e. The number of pyridine rings is 2. The van der Waals surface area contributed by atoms with Crippen LogP contribution in [0.15, 0.2) is 48.9 Å². The van der Waals surface area contributed by atoms with Crippen LogP contribution >= 0.6 is 0 Å². The fraction of sp³-hybridized carbons (Fsp3) is 0.379. The summed E-state index contributed by atoms with van der Waals surface area (Å²) < 4.78 is 0. The lowest BCUT2D eigenvalue weighted by Crippen LogP contribution is -2.44. The zero-order valence-corrected chi connectivity index (χ0v) is 22.1. The second-order valence-electron chi connectivity index (χ2n) is 10.8. The third-order valence-corrected chi connectivity index (χ3v) is 8.23. The number of fused-ring (bicyclic) bond motifs is 2. The maximum Gasteiger partial charge on any atom is 0.161 e. The number of nitrogens with zero attached hydrogens (tertiary/aromatic N) is 6. The molecule has 10 nitrogen and oxygen atoms in total. The van der Waals surface area contributed by atoms with Crippen LogP contribution in [0.25, 0.3) is 44.7 Å². The van der Waals surface area contributed by atoms with Crippen molar-refractivity contribution in [1.29, 1.82) is 0 Å². The van der Waals surface area contributed by atoms with Crippen molar-refractivity contribution in [3.05, 3.63) is 48.9 Å². The molecule has 2 fully saturated rings. The highest BCUT2D eigenvalue weighted by molar-refractivity contribution is 5.96. The van der Waals surface area contributed by atoms with Crippen molar-refractivity contribution < 1.29 is 5.11 Å². The van der Waals surface area contributed by atoms with Gasteiger partial charge in [0.2, 0.25) is 0 Å². The second-order valence-corrected chi connectivity index (χ2v) is 10.8. The Morgan fingerprint density at radius 2 is 1.87 bits per heavy atom. The predicted molar refractivity (Wildman–Crippen MR) is 154 cm³/mol. The number of anilines is 2. The van der Waals surface area contributed by atoms with E-state index in [9.17, 15) is 5.11 Å². The molecule has 5 heterocycles. The minimum atomic E-state index is -0.551.